The van der Waals surface area contributed by atoms with Gasteiger partial charge in [-0.3, -0.25) is 4.90 Å². The third-order valence-corrected chi connectivity index (χ3v) is 3.84. The Hall–Kier alpha value is -2.77. The van der Waals surface area contributed by atoms with Crippen molar-refractivity contribution in [2.45, 2.75) is 51.9 Å². The summed E-state index contributed by atoms with van der Waals surface area (Å²) in [6, 6.07) is 5.35. The average Bonchev–Trinajstić information content (AvgIpc) is 2.98. The van der Waals surface area contributed by atoms with Gasteiger partial charge in [-0.25, -0.2) is 14.4 Å². The quantitative estimate of drug-likeness (QED) is 0.785. The Kier molecular flexibility index (Phi) is 6.30. The molecule has 1 aliphatic heterocycles. The number of aliphatic carboxylic acids is 1. The summed E-state index contributed by atoms with van der Waals surface area (Å²) in [6.45, 7) is 7.27. The molecule has 0 spiro atoms. The monoisotopic (exact) mass is 379 g/mol. The molecule has 0 radical (unpaired) electrons. The Bertz CT molecular complexity index is 693. The number of ether oxygens (including phenoxy) is 3. The van der Waals surface area contributed by atoms with Gasteiger partial charge in [-0.05, 0) is 52.0 Å². The first kappa shape index (κ1) is 20.5. The van der Waals surface area contributed by atoms with Gasteiger partial charge in [0.2, 0.25) is 0 Å². The van der Waals surface area contributed by atoms with Gasteiger partial charge >= 0.3 is 18.0 Å². The summed E-state index contributed by atoms with van der Waals surface area (Å²) in [6.07, 6.45) is -1.03. The standard InChI is InChI=1S/C19H25NO7/c1-5-25-17(23)12-6-8-13(9-7-12)26-14-10-15(16(21)22)20(11-14)18(24)27-19(2,3)4/h6-9,14-15H,5,10-11H2,1-4H3,(H,21,22)/t14-,15-/m0/s1. The SMILES string of the molecule is CCOC(=O)c1ccc(O[C@H]2C[C@@H](C(=O)O)N(C(=O)OC(C)(C)C)C2)cc1. The molecule has 0 aliphatic carbocycles. The second-order valence-corrected chi connectivity index (χ2v) is 7.21. The van der Waals surface area contributed by atoms with Crippen LogP contribution < -0.4 is 4.74 Å². The van der Waals surface area contributed by atoms with Crippen LogP contribution in [0.5, 0.6) is 5.75 Å². The van der Waals surface area contributed by atoms with Gasteiger partial charge in [-0.1, -0.05) is 0 Å². The van der Waals surface area contributed by atoms with E-state index in [9.17, 15) is 19.5 Å². The maximum absolute atomic E-state index is 12.3. The fraction of sp³-hybridized carbons (Fsp3) is 0.526. The van der Waals surface area contributed by atoms with E-state index in [1.54, 1.807) is 52.0 Å². The lowest BCUT2D eigenvalue weighted by Gasteiger charge is -2.26. The van der Waals surface area contributed by atoms with Crippen molar-refractivity contribution in [2.24, 2.45) is 0 Å². The molecule has 1 aromatic rings. The van der Waals surface area contributed by atoms with E-state index in [-0.39, 0.29) is 19.6 Å². The van der Waals surface area contributed by atoms with Crippen LogP contribution in [-0.4, -0.2) is 58.9 Å². The lowest BCUT2D eigenvalue weighted by Crippen LogP contribution is -2.43. The first-order valence-corrected chi connectivity index (χ1v) is 8.77. The highest BCUT2D eigenvalue weighted by molar-refractivity contribution is 5.89. The first-order chi connectivity index (χ1) is 12.6. The van der Waals surface area contributed by atoms with E-state index in [1.165, 1.54) is 4.90 Å². The molecule has 0 saturated carbocycles. The van der Waals surface area contributed by atoms with E-state index < -0.39 is 35.8 Å². The number of nitrogens with zero attached hydrogens (tertiary/aromatic N) is 1. The molecule has 1 aromatic carbocycles. The summed E-state index contributed by atoms with van der Waals surface area (Å²) in [4.78, 5) is 36.6. The topological polar surface area (TPSA) is 102 Å². The molecule has 0 unspecified atom stereocenters. The fourth-order valence-corrected chi connectivity index (χ4v) is 2.72. The summed E-state index contributed by atoms with van der Waals surface area (Å²) < 4.78 is 16.0. The fourth-order valence-electron chi connectivity index (χ4n) is 2.72. The van der Waals surface area contributed by atoms with Crippen LogP contribution >= 0.6 is 0 Å². The van der Waals surface area contributed by atoms with Crippen molar-refractivity contribution in [2.75, 3.05) is 13.2 Å². The molecule has 8 nitrogen and oxygen atoms in total. The number of hydrogen-bond acceptors (Lipinski definition) is 6. The Balaban J connectivity index is 2.04. The third kappa shape index (κ3) is 5.60. The van der Waals surface area contributed by atoms with Crippen LogP contribution in [0.1, 0.15) is 44.5 Å². The van der Waals surface area contributed by atoms with E-state index in [0.717, 1.165) is 0 Å². The van der Waals surface area contributed by atoms with Crippen LogP contribution in [0.3, 0.4) is 0 Å². The van der Waals surface area contributed by atoms with Gasteiger partial charge in [0, 0.05) is 6.42 Å². The highest BCUT2D eigenvalue weighted by Crippen LogP contribution is 2.25. The molecule has 1 heterocycles. The predicted molar refractivity (Wildman–Crippen MR) is 95.8 cm³/mol. The van der Waals surface area contributed by atoms with Crippen molar-refractivity contribution in [3.8, 4) is 5.75 Å². The molecule has 2 rings (SSSR count). The number of likely N-dealkylation sites (tertiary alicyclic amines) is 1. The van der Waals surface area contributed by atoms with Crippen molar-refractivity contribution in [1.82, 2.24) is 4.90 Å². The van der Waals surface area contributed by atoms with Crippen molar-refractivity contribution >= 4 is 18.0 Å². The molecule has 0 bridgehead atoms. The van der Waals surface area contributed by atoms with Gasteiger partial charge in [0.1, 0.15) is 23.5 Å². The van der Waals surface area contributed by atoms with E-state index in [1.807, 2.05) is 0 Å². The Morgan fingerprint density at radius 1 is 1.19 bits per heavy atom. The van der Waals surface area contributed by atoms with Gasteiger partial charge in [-0.15, -0.1) is 0 Å². The molecule has 148 valence electrons. The Morgan fingerprint density at radius 3 is 2.33 bits per heavy atom. The lowest BCUT2D eigenvalue weighted by atomic mass is 10.2. The molecule has 1 fully saturated rings. The minimum atomic E-state index is -1.11. The molecule has 1 N–H and O–H groups in total. The van der Waals surface area contributed by atoms with Crippen LogP contribution in [0, 0.1) is 0 Å². The molecular formula is C19H25NO7. The van der Waals surface area contributed by atoms with Gasteiger partial charge in [0.25, 0.3) is 0 Å². The molecule has 8 heteroatoms. The first-order valence-electron chi connectivity index (χ1n) is 8.77. The van der Waals surface area contributed by atoms with E-state index in [4.69, 9.17) is 14.2 Å². The number of amides is 1. The molecule has 27 heavy (non-hydrogen) atoms. The number of carbonyl (C=O) groups excluding carboxylic acids is 2. The minimum Gasteiger partial charge on any atom is -0.488 e. The van der Waals surface area contributed by atoms with Crippen molar-refractivity contribution < 1.29 is 33.7 Å². The van der Waals surface area contributed by atoms with E-state index in [0.29, 0.717) is 11.3 Å². The maximum atomic E-state index is 12.3. The average molecular weight is 379 g/mol. The smallest absolute Gasteiger partial charge is 0.411 e. The molecule has 1 saturated heterocycles. The largest absolute Gasteiger partial charge is 0.488 e. The highest BCUT2D eigenvalue weighted by Gasteiger charge is 2.42. The van der Waals surface area contributed by atoms with Crippen molar-refractivity contribution in [3.05, 3.63) is 29.8 Å². The number of hydrogen-bond donors (Lipinski definition) is 1. The number of benzene rings is 1. The Labute approximate surface area is 158 Å². The predicted octanol–water partition coefficient (Wildman–Crippen LogP) is 2.70. The zero-order chi connectivity index (χ0) is 20.2. The Morgan fingerprint density at radius 2 is 1.81 bits per heavy atom. The van der Waals surface area contributed by atoms with E-state index >= 15 is 0 Å². The summed E-state index contributed by atoms with van der Waals surface area (Å²) >= 11 is 0. The number of carboxylic acids is 1. The molecule has 1 aliphatic rings. The summed E-state index contributed by atoms with van der Waals surface area (Å²) in [5.74, 6) is -1.06. The lowest BCUT2D eigenvalue weighted by molar-refractivity contribution is -0.142. The van der Waals surface area contributed by atoms with Crippen molar-refractivity contribution in [1.29, 1.82) is 0 Å². The second-order valence-electron chi connectivity index (χ2n) is 7.21. The van der Waals surface area contributed by atoms with Gasteiger partial charge in [0.05, 0.1) is 18.7 Å². The van der Waals surface area contributed by atoms with Crippen molar-refractivity contribution in [3.63, 3.8) is 0 Å². The molecule has 2 atom stereocenters. The van der Waals surface area contributed by atoms with Gasteiger partial charge in [-0.2, -0.15) is 0 Å². The normalized spacial score (nSPS) is 19.5. The van der Waals surface area contributed by atoms with Crippen LogP contribution in [0.25, 0.3) is 0 Å². The number of rotatable bonds is 5. The van der Waals surface area contributed by atoms with Crippen LogP contribution in [0.15, 0.2) is 24.3 Å². The zero-order valence-corrected chi connectivity index (χ0v) is 15.9. The zero-order valence-electron chi connectivity index (χ0n) is 15.9. The van der Waals surface area contributed by atoms with Gasteiger partial charge in [0.15, 0.2) is 0 Å². The number of carbonyl (C=O) groups is 3. The van der Waals surface area contributed by atoms with Crippen LogP contribution in [0.4, 0.5) is 4.79 Å². The van der Waals surface area contributed by atoms with Crippen LogP contribution in [-0.2, 0) is 14.3 Å². The summed E-state index contributed by atoms with van der Waals surface area (Å²) in [5.41, 5.74) is -0.323. The number of esters is 1. The third-order valence-electron chi connectivity index (χ3n) is 3.84. The summed E-state index contributed by atoms with van der Waals surface area (Å²) in [5, 5.41) is 9.41. The second kappa shape index (κ2) is 8.28. The maximum Gasteiger partial charge on any atom is 0.411 e. The molecular weight excluding hydrogens is 354 g/mol. The molecule has 1 amide bonds. The van der Waals surface area contributed by atoms with E-state index in [2.05, 4.69) is 0 Å². The summed E-state index contributed by atoms with van der Waals surface area (Å²) in [7, 11) is 0. The minimum absolute atomic E-state index is 0.103. The number of carboxylic acid groups (broad SMARTS) is 1. The highest BCUT2D eigenvalue weighted by atomic mass is 16.6. The van der Waals surface area contributed by atoms with Gasteiger partial charge < -0.3 is 19.3 Å². The van der Waals surface area contributed by atoms with Crippen LogP contribution in [0.2, 0.25) is 0 Å². The molecule has 0 aromatic heterocycles.